The molecule has 0 aliphatic carbocycles. The molecule has 1 atom stereocenters. The van der Waals surface area contributed by atoms with Crippen LogP contribution in [0.25, 0.3) is 0 Å². The molecule has 0 fully saturated rings. The van der Waals surface area contributed by atoms with Gasteiger partial charge in [0.2, 0.25) is 0 Å². The summed E-state index contributed by atoms with van der Waals surface area (Å²) in [6.07, 6.45) is 6.88. The standard InChI is InChI=1S/C10H21O.C4H6O7S.K/c1-3-5-6-7-8-9-10-11-4-2;5-3(6)1-2(4(7)8)12(9,10)11;/h4H,3,5-10H2,1-2H3;2H,1H2,(H,5,6)(H,7,8)(H,9,10,11);/q-1;;+1. The van der Waals surface area contributed by atoms with Crippen molar-refractivity contribution in [3.8, 4) is 0 Å². The van der Waals surface area contributed by atoms with Crippen molar-refractivity contribution >= 4 is 22.1 Å². The second-order valence-electron chi connectivity index (χ2n) is 4.81. The van der Waals surface area contributed by atoms with Crippen LogP contribution in [0, 0.1) is 6.61 Å². The molecule has 0 amide bonds. The van der Waals surface area contributed by atoms with Crippen LogP contribution in [-0.4, -0.2) is 47.0 Å². The molecule has 0 aliphatic rings. The van der Waals surface area contributed by atoms with Gasteiger partial charge in [0, 0.05) is 6.61 Å². The van der Waals surface area contributed by atoms with Gasteiger partial charge in [-0.3, -0.25) is 14.1 Å². The van der Waals surface area contributed by atoms with E-state index in [4.69, 9.17) is 19.5 Å². The van der Waals surface area contributed by atoms with Gasteiger partial charge in [0.15, 0.2) is 5.25 Å². The van der Waals surface area contributed by atoms with E-state index in [0.29, 0.717) is 0 Å². The molecule has 0 spiro atoms. The van der Waals surface area contributed by atoms with E-state index in [1.807, 2.05) is 6.92 Å². The predicted molar refractivity (Wildman–Crippen MR) is 84.5 cm³/mol. The zero-order valence-corrected chi connectivity index (χ0v) is 18.5. The quantitative estimate of drug-likeness (QED) is 0.172. The van der Waals surface area contributed by atoms with Crippen molar-refractivity contribution in [3.05, 3.63) is 6.61 Å². The van der Waals surface area contributed by atoms with Crippen LogP contribution in [0.1, 0.15) is 58.8 Å². The van der Waals surface area contributed by atoms with E-state index in [1.165, 1.54) is 38.5 Å². The van der Waals surface area contributed by atoms with Crippen LogP contribution in [0.15, 0.2) is 0 Å². The monoisotopic (exact) mass is 394 g/mol. The molecule has 8 nitrogen and oxygen atoms in total. The normalized spacial score (nSPS) is 11.6. The van der Waals surface area contributed by atoms with E-state index >= 15 is 0 Å². The van der Waals surface area contributed by atoms with Gasteiger partial charge in [0.25, 0.3) is 10.1 Å². The van der Waals surface area contributed by atoms with Gasteiger partial charge in [-0.05, 0) is 6.42 Å². The molecule has 3 N–H and O–H groups in total. The first kappa shape index (κ1) is 29.2. The van der Waals surface area contributed by atoms with Gasteiger partial charge in [-0.25, -0.2) is 6.61 Å². The molecule has 0 aliphatic heterocycles. The van der Waals surface area contributed by atoms with Crippen LogP contribution in [-0.2, 0) is 24.4 Å². The summed E-state index contributed by atoms with van der Waals surface area (Å²) in [4.78, 5) is 20.0. The summed E-state index contributed by atoms with van der Waals surface area (Å²) in [6.45, 7) is 6.85. The van der Waals surface area contributed by atoms with Gasteiger partial charge in [-0.15, -0.1) is 0 Å². The Hall–Kier alpha value is 0.446. The largest absolute Gasteiger partial charge is 1.00 e. The van der Waals surface area contributed by atoms with Crippen molar-refractivity contribution in [1.29, 1.82) is 0 Å². The summed E-state index contributed by atoms with van der Waals surface area (Å²) in [5, 5.41) is 13.9. The molecular weight excluding hydrogens is 367 g/mol. The molecule has 1 unspecified atom stereocenters. The Morgan fingerprint density at radius 1 is 1.08 bits per heavy atom. The molecule has 0 aromatic rings. The van der Waals surface area contributed by atoms with Crippen molar-refractivity contribution in [1.82, 2.24) is 0 Å². The second kappa shape index (κ2) is 18.2. The Labute approximate surface area is 186 Å². The number of ether oxygens (including phenoxy) is 1. The van der Waals surface area contributed by atoms with Crippen LogP contribution in [0.5, 0.6) is 0 Å². The number of unbranched alkanes of at least 4 members (excludes halogenated alkanes) is 5. The Morgan fingerprint density at radius 2 is 1.58 bits per heavy atom. The van der Waals surface area contributed by atoms with E-state index in [0.717, 1.165) is 6.61 Å². The first-order chi connectivity index (χ1) is 10.7. The molecule has 24 heavy (non-hydrogen) atoms. The summed E-state index contributed by atoms with van der Waals surface area (Å²) in [6, 6.07) is 0. The van der Waals surface area contributed by atoms with Gasteiger partial charge in [-0.1, -0.05) is 39.0 Å². The van der Waals surface area contributed by atoms with Crippen molar-refractivity contribution in [2.75, 3.05) is 6.61 Å². The molecule has 0 bridgehead atoms. The summed E-state index contributed by atoms with van der Waals surface area (Å²) in [7, 11) is -4.84. The van der Waals surface area contributed by atoms with Crippen molar-refractivity contribution < 1.29 is 88.9 Å². The Balaban J connectivity index is -0.000000354. The molecule has 0 heterocycles. The van der Waals surface area contributed by atoms with E-state index in [1.54, 1.807) is 6.61 Å². The fraction of sp³-hybridized carbons (Fsp3) is 0.786. The van der Waals surface area contributed by atoms with Crippen molar-refractivity contribution in [3.63, 3.8) is 0 Å². The van der Waals surface area contributed by atoms with Gasteiger partial charge in [0.05, 0.1) is 6.42 Å². The van der Waals surface area contributed by atoms with Gasteiger partial charge >= 0.3 is 63.3 Å². The molecule has 0 aromatic heterocycles. The molecule has 0 aromatic carbocycles. The van der Waals surface area contributed by atoms with Crippen LogP contribution in [0.3, 0.4) is 0 Å². The molecule has 138 valence electrons. The fourth-order valence-corrected chi connectivity index (χ4v) is 2.17. The number of carbonyl (C=O) groups is 2. The fourth-order valence-electron chi connectivity index (χ4n) is 1.56. The number of rotatable bonds is 12. The third-order valence-corrected chi connectivity index (χ3v) is 3.86. The van der Waals surface area contributed by atoms with Crippen LogP contribution >= 0.6 is 0 Å². The maximum Gasteiger partial charge on any atom is 1.00 e. The van der Waals surface area contributed by atoms with E-state index in [-0.39, 0.29) is 51.4 Å². The van der Waals surface area contributed by atoms with E-state index in [2.05, 4.69) is 6.92 Å². The summed E-state index contributed by atoms with van der Waals surface area (Å²) >= 11 is 0. The Bertz CT molecular complexity index is 416. The number of hydrogen-bond donors (Lipinski definition) is 3. The van der Waals surface area contributed by atoms with Gasteiger partial charge in [0.1, 0.15) is 0 Å². The maximum absolute atomic E-state index is 10.2. The van der Waals surface area contributed by atoms with E-state index < -0.39 is 33.7 Å². The number of carboxylic acids is 2. The molecular formula is C14H27KO8S. The van der Waals surface area contributed by atoms with Gasteiger partial charge < -0.3 is 14.9 Å². The number of aliphatic carboxylic acids is 2. The average molecular weight is 395 g/mol. The summed E-state index contributed by atoms with van der Waals surface area (Å²) in [5.74, 6) is -3.50. The van der Waals surface area contributed by atoms with Crippen LogP contribution in [0.4, 0.5) is 0 Å². The minimum atomic E-state index is -4.84. The minimum Gasteiger partial charge on any atom is -0.552 e. The molecule has 0 saturated heterocycles. The van der Waals surface area contributed by atoms with E-state index in [9.17, 15) is 18.0 Å². The second-order valence-corrected chi connectivity index (χ2v) is 6.41. The Kier molecular flexibility index (Phi) is 22.2. The smallest absolute Gasteiger partial charge is 0.552 e. The summed E-state index contributed by atoms with van der Waals surface area (Å²) < 4.78 is 33.8. The third kappa shape index (κ3) is 20.5. The molecule has 0 rings (SSSR count). The molecule has 10 heteroatoms. The van der Waals surface area contributed by atoms with Crippen molar-refractivity contribution in [2.45, 2.75) is 64.0 Å². The Morgan fingerprint density at radius 3 is 1.92 bits per heavy atom. The zero-order chi connectivity index (χ0) is 18.3. The first-order valence-corrected chi connectivity index (χ1v) is 8.97. The van der Waals surface area contributed by atoms with Crippen molar-refractivity contribution in [2.24, 2.45) is 0 Å². The number of carboxylic acid groups (broad SMARTS) is 2. The number of hydrogen-bond acceptors (Lipinski definition) is 5. The van der Waals surface area contributed by atoms with Gasteiger partial charge in [-0.2, -0.15) is 15.3 Å². The summed E-state index contributed by atoms with van der Waals surface area (Å²) in [5.41, 5.74) is 0. The SMILES string of the molecule is C[CH-]OCCCCCCCC.O=C(O)CC(C(=O)O)S(=O)(=O)O.[K+]. The third-order valence-electron chi connectivity index (χ3n) is 2.78. The van der Waals surface area contributed by atoms with Crippen LogP contribution in [0.2, 0.25) is 0 Å². The molecule has 0 saturated carbocycles. The predicted octanol–water partition coefficient (Wildman–Crippen LogP) is -0.649. The first-order valence-electron chi connectivity index (χ1n) is 7.47. The topological polar surface area (TPSA) is 138 Å². The zero-order valence-electron chi connectivity index (χ0n) is 14.6. The maximum atomic E-state index is 10.2. The average Bonchev–Trinajstić information content (AvgIpc) is 2.43. The van der Waals surface area contributed by atoms with Crippen LogP contribution < -0.4 is 51.4 Å². The minimum absolute atomic E-state index is 0. The molecule has 0 radical (unpaired) electrons.